The molecule has 0 N–H and O–H groups in total. The second-order valence-electron chi connectivity index (χ2n) is 34.1. The Labute approximate surface area is 784 Å². The molecule has 628 valence electrons. The molecular weight excluding hydrogens is 1640 g/mol. The van der Waals surface area contributed by atoms with Crippen molar-refractivity contribution < 1.29 is 0 Å². The van der Waals surface area contributed by atoms with Gasteiger partial charge in [0.2, 0.25) is 0 Å². The van der Waals surface area contributed by atoms with Crippen LogP contribution in [0.1, 0.15) is 22.3 Å². The Morgan fingerprint density at radius 2 is 0.269 bits per heavy atom. The molecule has 1 aliphatic rings. The maximum Gasteiger partial charge on any atom is 0.164 e. The van der Waals surface area contributed by atoms with Crippen LogP contribution in [0.5, 0.6) is 0 Å². The number of hydrogen-bond donors (Lipinski definition) is 0. The Balaban J connectivity index is 0.700. The second-order valence-corrected chi connectivity index (χ2v) is 35.1. The minimum Gasteiger partial charge on any atom is -0.208 e. The smallest absolute Gasteiger partial charge is 0.164 e. The normalized spacial score (nSPS) is 11.9. The third-order valence-corrected chi connectivity index (χ3v) is 26.7. The molecule has 134 heavy (non-hydrogen) atoms. The third kappa shape index (κ3) is 16.4. The van der Waals surface area contributed by atoms with Crippen molar-refractivity contribution in [1.29, 1.82) is 0 Å². The minimum absolute atomic E-state index is 0.521. The summed E-state index contributed by atoms with van der Waals surface area (Å²) in [5.74, 6) is 3.18. The molecule has 22 aromatic rings. The molecule has 7 heteroatoms. The van der Waals surface area contributed by atoms with Gasteiger partial charge in [-0.3, -0.25) is 0 Å². The minimum atomic E-state index is -0.966. The van der Waals surface area contributed by atoms with Gasteiger partial charge in [0.05, 0.1) is 5.41 Å². The van der Waals surface area contributed by atoms with Crippen molar-refractivity contribution in [2.45, 2.75) is 15.2 Å². The SMILES string of the molecule is c1ccc(-c2cc(-c3ccccc3)cc(-c3cccc(-c4nc(-c5cccc(-c6cc(-c7ccccc7)cc(-c7ccccc7)c6)c5)nc(-c5cccc(C6(c7cccc(-c8nc(-c9cccc(-c%10cc(-c%11ccccc%11)cc(-c%11ccccc%11)c%10)c9)nc(-c9cccc(-c%10cc(-c%11ccccc%11)cc(-c%11ccccc%11)c%10)c9)n8)c7)c7ccccc7Sc7ccccc76)c5)n4)c3)c2)cc1. The molecule has 2 aromatic heterocycles. The molecule has 1 aliphatic heterocycles. The largest absolute Gasteiger partial charge is 0.208 e. The molecule has 0 saturated carbocycles. The van der Waals surface area contributed by atoms with Crippen LogP contribution in [0.2, 0.25) is 0 Å². The molecule has 0 aliphatic carbocycles. The summed E-state index contributed by atoms with van der Waals surface area (Å²) < 4.78 is 0. The van der Waals surface area contributed by atoms with Gasteiger partial charge in [0.1, 0.15) is 0 Å². The van der Waals surface area contributed by atoms with E-state index in [1.807, 2.05) is 0 Å². The molecule has 0 amide bonds. The van der Waals surface area contributed by atoms with Gasteiger partial charge in [0.25, 0.3) is 0 Å². The van der Waals surface area contributed by atoms with E-state index in [0.717, 1.165) is 199 Å². The number of fused-ring (bicyclic) bond motifs is 2. The van der Waals surface area contributed by atoms with Crippen LogP contribution in [0.4, 0.5) is 0 Å². The first-order valence-electron chi connectivity index (χ1n) is 45.4. The van der Waals surface area contributed by atoms with Crippen molar-refractivity contribution >= 4 is 11.8 Å². The zero-order chi connectivity index (χ0) is 89.1. The highest BCUT2D eigenvalue weighted by atomic mass is 32.2. The maximum atomic E-state index is 5.69. The van der Waals surface area contributed by atoms with Gasteiger partial charge in [-0.2, -0.15) is 0 Å². The van der Waals surface area contributed by atoms with E-state index in [4.69, 9.17) is 29.9 Å². The first-order chi connectivity index (χ1) is 66.3. The van der Waals surface area contributed by atoms with Crippen molar-refractivity contribution in [2.24, 2.45) is 0 Å². The van der Waals surface area contributed by atoms with Crippen LogP contribution in [0.25, 0.3) is 202 Å². The lowest BCUT2D eigenvalue weighted by Crippen LogP contribution is -2.34. The van der Waals surface area contributed by atoms with Crippen molar-refractivity contribution in [3.05, 3.63) is 532 Å². The molecule has 0 atom stereocenters. The molecule has 0 radical (unpaired) electrons. The molecule has 0 unspecified atom stereocenters. The number of aromatic nitrogens is 6. The van der Waals surface area contributed by atoms with Gasteiger partial charge in [-0.05, 0) is 277 Å². The highest BCUT2D eigenvalue weighted by molar-refractivity contribution is 7.99. The Bertz CT molecular complexity index is 7030. The summed E-state index contributed by atoms with van der Waals surface area (Å²) in [6.45, 7) is 0. The van der Waals surface area contributed by atoms with Crippen LogP contribution >= 0.6 is 11.8 Å². The third-order valence-electron chi connectivity index (χ3n) is 25.6. The predicted octanol–water partition coefficient (Wildman–Crippen LogP) is 32.9. The van der Waals surface area contributed by atoms with Crippen molar-refractivity contribution in [3.8, 4) is 202 Å². The van der Waals surface area contributed by atoms with E-state index < -0.39 is 5.41 Å². The van der Waals surface area contributed by atoms with Crippen LogP contribution in [0.3, 0.4) is 0 Å². The number of rotatable bonds is 20. The standard InChI is InChI=1S/C127H84N6S/c1-9-35-85(36-10-1)103-71-104(86-37-11-2-12-38-86)76-111(75-103)93-51-29-55-97(67-93)121-128-122(98-56-30-52-94(68-98)112-77-105(87-39-13-3-14-40-87)72-106(78-112)88-41-15-4-16-42-88)131-125(130-121)101-59-33-61-115(83-101)127(117-63-25-27-65-119(117)134-120-66-28-26-64-118(120)127)116-62-34-60-102(84-116)126-132-123(99-57-31-53-95(69-99)113-79-107(89-43-17-5-18-44-89)73-108(80-113)90-45-19-6-20-46-90)129-124(133-126)100-58-32-54-96(70-100)114-81-109(91-47-21-7-22-48-91)74-110(82-114)92-49-23-8-24-50-92/h1-84H. The number of benzene rings is 20. The average molecular weight is 1730 g/mol. The molecule has 6 nitrogen and oxygen atoms in total. The molecule has 0 saturated heterocycles. The lowest BCUT2D eigenvalue weighted by Gasteiger charge is -2.42. The zero-order valence-electron chi connectivity index (χ0n) is 73.1. The van der Waals surface area contributed by atoms with Gasteiger partial charge >= 0.3 is 0 Å². The van der Waals surface area contributed by atoms with Gasteiger partial charge in [0, 0.05) is 43.2 Å². The fourth-order valence-electron chi connectivity index (χ4n) is 19.0. The first kappa shape index (κ1) is 81.3. The molecular formula is C127H84N6S. The van der Waals surface area contributed by atoms with Crippen LogP contribution in [0.15, 0.2) is 519 Å². The van der Waals surface area contributed by atoms with Gasteiger partial charge in [-0.25, -0.2) is 29.9 Å². The summed E-state index contributed by atoms with van der Waals surface area (Å²) >= 11 is 1.80. The zero-order valence-corrected chi connectivity index (χ0v) is 73.9. The van der Waals surface area contributed by atoms with Crippen molar-refractivity contribution in [1.82, 2.24) is 29.9 Å². The summed E-state index contributed by atoms with van der Waals surface area (Å²) in [5.41, 5.74) is 34.8. The average Bonchev–Trinajstić information content (AvgIpc) is 0.702. The van der Waals surface area contributed by atoms with Crippen LogP contribution in [-0.2, 0) is 5.41 Å². The topological polar surface area (TPSA) is 77.3 Å². The highest BCUT2D eigenvalue weighted by Gasteiger charge is 2.45. The highest BCUT2D eigenvalue weighted by Crippen LogP contribution is 2.57. The van der Waals surface area contributed by atoms with E-state index in [1.54, 1.807) is 11.8 Å². The summed E-state index contributed by atoms with van der Waals surface area (Å²) in [6, 6.07) is 183. The molecule has 20 aromatic carbocycles. The Kier molecular flexibility index (Phi) is 21.8. The first-order valence-corrected chi connectivity index (χ1v) is 46.2. The molecule has 23 rings (SSSR count). The monoisotopic (exact) mass is 1720 g/mol. The van der Waals surface area contributed by atoms with E-state index in [0.29, 0.717) is 34.9 Å². The van der Waals surface area contributed by atoms with Gasteiger partial charge < -0.3 is 0 Å². The van der Waals surface area contributed by atoms with Crippen molar-refractivity contribution in [2.75, 3.05) is 0 Å². The summed E-state index contributed by atoms with van der Waals surface area (Å²) in [4.78, 5) is 36.2. The number of nitrogens with zero attached hydrogens (tertiary/aromatic N) is 6. The summed E-state index contributed by atoms with van der Waals surface area (Å²) in [5, 5.41) is 0. The molecule has 0 bridgehead atoms. The lowest BCUT2D eigenvalue weighted by molar-refractivity contribution is 0.703. The van der Waals surface area contributed by atoms with E-state index in [9.17, 15) is 0 Å². The van der Waals surface area contributed by atoms with Crippen molar-refractivity contribution in [3.63, 3.8) is 0 Å². The Morgan fingerprint density at radius 3 is 0.478 bits per heavy atom. The quantitative estimate of drug-likeness (QED) is 0.0752. The van der Waals surface area contributed by atoms with Gasteiger partial charge in [-0.15, -0.1) is 0 Å². The lowest BCUT2D eigenvalue weighted by atomic mass is 9.64. The fourth-order valence-corrected chi connectivity index (χ4v) is 20.2. The van der Waals surface area contributed by atoms with Crippen LogP contribution in [0, 0.1) is 0 Å². The molecule has 0 spiro atoms. The maximum absolute atomic E-state index is 5.69. The van der Waals surface area contributed by atoms with Crippen LogP contribution < -0.4 is 0 Å². The Morgan fingerprint density at radius 1 is 0.119 bits per heavy atom. The fraction of sp³-hybridized carbons (Fsp3) is 0.00787. The van der Waals surface area contributed by atoms with E-state index >= 15 is 0 Å². The summed E-state index contributed by atoms with van der Waals surface area (Å²) in [6.07, 6.45) is 0. The molecule has 0 fully saturated rings. The van der Waals surface area contributed by atoms with E-state index in [2.05, 4.69) is 510 Å². The predicted molar refractivity (Wildman–Crippen MR) is 553 cm³/mol. The van der Waals surface area contributed by atoms with Gasteiger partial charge in [0.15, 0.2) is 34.9 Å². The van der Waals surface area contributed by atoms with E-state index in [1.165, 1.54) is 0 Å². The van der Waals surface area contributed by atoms with Crippen LogP contribution in [-0.4, -0.2) is 29.9 Å². The molecule has 3 heterocycles. The number of hydrogen-bond acceptors (Lipinski definition) is 7. The van der Waals surface area contributed by atoms with Gasteiger partial charge in [-0.1, -0.05) is 400 Å². The Hall–Kier alpha value is -17.2. The van der Waals surface area contributed by atoms with E-state index in [-0.39, 0.29) is 0 Å². The second kappa shape index (κ2) is 36.0. The summed E-state index contributed by atoms with van der Waals surface area (Å²) in [7, 11) is 0.